The summed E-state index contributed by atoms with van der Waals surface area (Å²) in [5.41, 5.74) is 1.38. The van der Waals surface area contributed by atoms with E-state index in [4.69, 9.17) is 19.3 Å². The van der Waals surface area contributed by atoms with Gasteiger partial charge in [0.1, 0.15) is 36.3 Å². The minimum atomic E-state index is -4.52. The molecule has 1 heterocycles. The Morgan fingerprint density at radius 3 is 2.46 bits per heavy atom. The molecule has 0 bridgehead atoms. The maximum Gasteiger partial charge on any atom is 0.416 e. The molecule has 37 heavy (non-hydrogen) atoms. The lowest BCUT2D eigenvalue weighted by molar-refractivity contribution is -0.139. The van der Waals surface area contributed by atoms with Gasteiger partial charge in [0.15, 0.2) is 0 Å². The molecule has 0 aliphatic rings. The molecule has 0 fully saturated rings. The molecule has 7 nitrogen and oxygen atoms in total. The Morgan fingerprint density at radius 1 is 0.973 bits per heavy atom. The lowest BCUT2D eigenvalue weighted by Gasteiger charge is -2.16. The predicted molar refractivity (Wildman–Crippen MR) is 130 cm³/mol. The van der Waals surface area contributed by atoms with E-state index >= 15 is 0 Å². The van der Waals surface area contributed by atoms with Gasteiger partial charge in [0.25, 0.3) is 0 Å². The summed E-state index contributed by atoms with van der Waals surface area (Å²) in [7, 11) is 3.44. The van der Waals surface area contributed by atoms with Gasteiger partial charge in [-0.3, -0.25) is 4.79 Å². The fourth-order valence-electron chi connectivity index (χ4n) is 3.91. The number of benzene rings is 3. The normalized spacial score (nSPS) is 11.5. The summed E-state index contributed by atoms with van der Waals surface area (Å²) >= 11 is 0. The van der Waals surface area contributed by atoms with Gasteiger partial charge < -0.3 is 23.9 Å². The summed E-state index contributed by atoms with van der Waals surface area (Å²) in [6.45, 7) is -0.218. The summed E-state index contributed by atoms with van der Waals surface area (Å²) in [5, 5.41) is 9.08. The third-order valence-electron chi connectivity index (χ3n) is 5.90. The zero-order valence-electron chi connectivity index (χ0n) is 20.2. The molecule has 0 saturated heterocycles. The molecule has 0 aliphatic carbocycles. The topological polar surface area (TPSA) is 82.8 Å². The van der Waals surface area contributed by atoms with E-state index in [0.29, 0.717) is 22.9 Å². The van der Waals surface area contributed by atoms with Crippen LogP contribution in [0.2, 0.25) is 0 Å². The van der Waals surface area contributed by atoms with Gasteiger partial charge in [-0.2, -0.15) is 13.2 Å². The second kappa shape index (κ2) is 10.8. The van der Waals surface area contributed by atoms with Crippen LogP contribution in [0, 0.1) is 0 Å². The van der Waals surface area contributed by atoms with Crippen molar-refractivity contribution in [1.82, 2.24) is 9.55 Å². The SMILES string of the molecule is COc1ccc2nc(COc3ccc(CCC(=O)O)c(OCc4ccccc4C(F)(F)F)c3)n(C)c2c1. The molecule has 0 saturated carbocycles. The summed E-state index contributed by atoms with van der Waals surface area (Å²) in [5.74, 6) is 1.02. The molecule has 4 rings (SSSR count). The third kappa shape index (κ3) is 6.14. The maximum absolute atomic E-state index is 13.4. The summed E-state index contributed by atoms with van der Waals surface area (Å²) in [4.78, 5) is 15.7. The van der Waals surface area contributed by atoms with Crippen molar-refractivity contribution >= 4 is 17.0 Å². The van der Waals surface area contributed by atoms with Crippen LogP contribution in [0.4, 0.5) is 13.2 Å². The fraction of sp³-hybridized carbons (Fsp3) is 0.259. The highest BCUT2D eigenvalue weighted by Gasteiger charge is 2.33. The standard InChI is InChI=1S/C27H25F3N2O5/c1-32-23-13-19(35-2)10-11-22(23)31-25(32)16-36-20-9-7-17(8-12-26(33)34)24(14-20)37-15-18-5-3-4-6-21(18)27(28,29)30/h3-7,9-11,13-14H,8,12,15-16H2,1-2H3,(H,33,34). The van der Waals surface area contributed by atoms with E-state index in [0.717, 1.165) is 17.1 Å². The van der Waals surface area contributed by atoms with Crippen LogP contribution in [-0.4, -0.2) is 27.7 Å². The van der Waals surface area contributed by atoms with Crippen LogP contribution in [0.15, 0.2) is 60.7 Å². The van der Waals surface area contributed by atoms with Gasteiger partial charge in [-0.05, 0) is 36.2 Å². The zero-order chi connectivity index (χ0) is 26.6. The number of alkyl halides is 3. The van der Waals surface area contributed by atoms with E-state index in [2.05, 4.69) is 4.98 Å². The van der Waals surface area contributed by atoms with E-state index < -0.39 is 17.7 Å². The molecule has 0 aliphatic heterocycles. The number of aromatic nitrogens is 2. The molecule has 0 unspecified atom stereocenters. The number of nitrogens with zero attached hydrogens (tertiary/aromatic N) is 2. The first-order valence-electron chi connectivity index (χ1n) is 11.4. The Bertz CT molecular complexity index is 1420. The number of rotatable bonds is 10. The van der Waals surface area contributed by atoms with Gasteiger partial charge in [0.2, 0.25) is 0 Å². The monoisotopic (exact) mass is 514 g/mol. The average Bonchev–Trinajstić information content (AvgIpc) is 3.19. The van der Waals surface area contributed by atoms with Crippen molar-refractivity contribution in [3.63, 3.8) is 0 Å². The van der Waals surface area contributed by atoms with Crippen molar-refractivity contribution in [1.29, 1.82) is 0 Å². The van der Waals surface area contributed by atoms with Crippen molar-refractivity contribution in [2.45, 2.75) is 32.2 Å². The van der Waals surface area contributed by atoms with Crippen molar-refractivity contribution in [2.75, 3.05) is 7.11 Å². The van der Waals surface area contributed by atoms with E-state index in [9.17, 15) is 18.0 Å². The van der Waals surface area contributed by atoms with E-state index in [1.807, 2.05) is 29.8 Å². The fourth-order valence-corrected chi connectivity index (χ4v) is 3.91. The van der Waals surface area contributed by atoms with Gasteiger partial charge in [-0.1, -0.05) is 24.3 Å². The third-order valence-corrected chi connectivity index (χ3v) is 5.90. The van der Waals surface area contributed by atoms with Crippen LogP contribution >= 0.6 is 0 Å². The molecular weight excluding hydrogens is 489 g/mol. The highest BCUT2D eigenvalue weighted by Crippen LogP contribution is 2.33. The number of fused-ring (bicyclic) bond motifs is 1. The second-order valence-electron chi connectivity index (χ2n) is 8.34. The zero-order valence-corrected chi connectivity index (χ0v) is 20.2. The highest BCUT2D eigenvalue weighted by molar-refractivity contribution is 5.77. The molecule has 0 radical (unpaired) electrons. The number of carbonyl (C=O) groups is 1. The first kappa shape index (κ1) is 25.9. The van der Waals surface area contributed by atoms with Gasteiger partial charge >= 0.3 is 12.1 Å². The minimum absolute atomic E-state index is 0.0272. The number of carboxylic acid groups (broad SMARTS) is 1. The molecule has 0 atom stereocenters. The number of hydrogen-bond acceptors (Lipinski definition) is 5. The van der Waals surface area contributed by atoms with Crippen molar-refractivity contribution in [2.24, 2.45) is 7.05 Å². The van der Waals surface area contributed by atoms with Crippen molar-refractivity contribution in [3.05, 3.63) is 83.2 Å². The van der Waals surface area contributed by atoms with Crippen molar-refractivity contribution < 1.29 is 37.3 Å². The maximum atomic E-state index is 13.4. The first-order chi connectivity index (χ1) is 17.7. The predicted octanol–water partition coefficient (Wildman–Crippen LogP) is 5.78. The van der Waals surface area contributed by atoms with Gasteiger partial charge in [0, 0.05) is 31.2 Å². The number of imidazole rings is 1. The van der Waals surface area contributed by atoms with E-state index in [1.165, 1.54) is 18.2 Å². The Balaban J connectivity index is 1.55. The summed E-state index contributed by atoms with van der Waals surface area (Å²) in [6.07, 6.45) is -4.52. The van der Waals surface area contributed by atoms with Crippen LogP contribution in [0.5, 0.6) is 17.2 Å². The number of halogens is 3. The molecule has 1 aromatic heterocycles. The van der Waals surface area contributed by atoms with Crippen LogP contribution in [0.3, 0.4) is 0 Å². The summed E-state index contributed by atoms with van der Waals surface area (Å²) < 4.78 is 59.0. The highest BCUT2D eigenvalue weighted by atomic mass is 19.4. The number of methoxy groups -OCH3 is 1. The molecule has 10 heteroatoms. The van der Waals surface area contributed by atoms with Gasteiger partial charge in [-0.15, -0.1) is 0 Å². The Hall–Kier alpha value is -4.21. The van der Waals surface area contributed by atoms with Crippen LogP contribution < -0.4 is 14.2 Å². The van der Waals surface area contributed by atoms with Gasteiger partial charge in [-0.25, -0.2) is 4.98 Å². The van der Waals surface area contributed by atoms with Crippen LogP contribution in [0.25, 0.3) is 11.0 Å². The largest absolute Gasteiger partial charge is 0.497 e. The average molecular weight is 515 g/mol. The summed E-state index contributed by atoms with van der Waals surface area (Å²) in [6, 6.07) is 15.6. The smallest absolute Gasteiger partial charge is 0.416 e. The molecule has 3 aromatic carbocycles. The molecule has 1 N–H and O–H groups in total. The van der Waals surface area contributed by atoms with E-state index in [1.54, 1.807) is 25.3 Å². The van der Waals surface area contributed by atoms with E-state index in [-0.39, 0.29) is 37.4 Å². The molecule has 4 aromatic rings. The molecule has 0 spiro atoms. The lowest BCUT2D eigenvalue weighted by Crippen LogP contribution is -2.11. The number of aryl methyl sites for hydroxylation is 2. The first-order valence-corrected chi connectivity index (χ1v) is 11.4. The van der Waals surface area contributed by atoms with Gasteiger partial charge in [0.05, 0.1) is 23.7 Å². The number of aliphatic carboxylic acids is 1. The Kier molecular flexibility index (Phi) is 7.56. The minimum Gasteiger partial charge on any atom is -0.497 e. The second-order valence-corrected chi connectivity index (χ2v) is 8.34. The Labute approximate surface area is 211 Å². The molecular formula is C27H25F3N2O5. The Morgan fingerprint density at radius 2 is 1.73 bits per heavy atom. The number of hydrogen-bond donors (Lipinski definition) is 1. The van der Waals surface area contributed by atoms with Crippen molar-refractivity contribution in [3.8, 4) is 17.2 Å². The number of ether oxygens (including phenoxy) is 3. The van der Waals surface area contributed by atoms with Crippen LogP contribution in [0.1, 0.15) is 28.9 Å². The molecule has 0 amide bonds. The quantitative estimate of drug-likeness (QED) is 0.289. The number of carboxylic acids is 1. The molecule has 194 valence electrons. The lowest BCUT2D eigenvalue weighted by atomic mass is 10.1. The van der Waals surface area contributed by atoms with Crippen LogP contribution in [-0.2, 0) is 37.7 Å².